The molecule has 0 saturated carbocycles. The van der Waals surface area contributed by atoms with Gasteiger partial charge in [-0.25, -0.2) is 0 Å². The standard InChI is InChI=1S/C12H17NO2/c1-9(13(3)4)11-6-5-7-12(8-11)15-10(2)14/h5-9H,1-4H3. The van der Waals surface area contributed by atoms with Crippen LogP contribution in [0.15, 0.2) is 24.3 Å². The number of hydrogen-bond donors (Lipinski definition) is 0. The maximum absolute atomic E-state index is 10.8. The molecule has 0 aliphatic rings. The lowest BCUT2D eigenvalue weighted by atomic mass is 10.1. The van der Waals surface area contributed by atoms with E-state index in [9.17, 15) is 4.79 Å². The van der Waals surface area contributed by atoms with Crippen LogP contribution in [0, 0.1) is 0 Å². The fourth-order valence-electron chi connectivity index (χ4n) is 1.30. The van der Waals surface area contributed by atoms with Gasteiger partial charge in [-0.1, -0.05) is 12.1 Å². The van der Waals surface area contributed by atoms with Gasteiger partial charge in [0.25, 0.3) is 0 Å². The second kappa shape index (κ2) is 4.94. The molecule has 1 atom stereocenters. The highest BCUT2D eigenvalue weighted by Crippen LogP contribution is 2.21. The largest absolute Gasteiger partial charge is 0.427 e. The van der Waals surface area contributed by atoms with Crippen molar-refractivity contribution in [1.82, 2.24) is 4.90 Å². The molecule has 82 valence electrons. The van der Waals surface area contributed by atoms with Crippen molar-refractivity contribution in [2.75, 3.05) is 14.1 Å². The number of carbonyl (C=O) groups is 1. The van der Waals surface area contributed by atoms with Crippen LogP contribution in [0.25, 0.3) is 0 Å². The zero-order chi connectivity index (χ0) is 11.4. The van der Waals surface area contributed by atoms with Crippen molar-refractivity contribution >= 4 is 5.97 Å². The quantitative estimate of drug-likeness (QED) is 0.562. The summed E-state index contributed by atoms with van der Waals surface area (Å²) < 4.78 is 5.03. The van der Waals surface area contributed by atoms with E-state index < -0.39 is 0 Å². The molecule has 1 aromatic carbocycles. The number of hydrogen-bond acceptors (Lipinski definition) is 3. The lowest BCUT2D eigenvalue weighted by Crippen LogP contribution is -2.16. The highest BCUT2D eigenvalue weighted by atomic mass is 16.5. The summed E-state index contributed by atoms with van der Waals surface area (Å²) in [4.78, 5) is 12.9. The van der Waals surface area contributed by atoms with Gasteiger partial charge in [0.15, 0.2) is 0 Å². The third kappa shape index (κ3) is 3.36. The van der Waals surface area contributed by atoms with E-state index in [0.717, 1.165) is 5.56 Å². The first-order chi connectivity index (χ1) is 7.00. The third-order valence-corrected chi connectivity index (χ3v) is 2.38. The van der Waals surface area contributed by atoms with Gasteiger partial charge in [0, 0.05) is 13.0 Å². The Hall–Kier alpha value is -1.35. The van der Waals surface area contributed by atoms with Crippen LogP contribution in [0.3, 0.4) is 0 Å². The normalized spacial score (nSPS) is 12.6. The van der Waals surface area contributed by atoms with Crippen LogP contribution in [0.2, 0.25) is 0 Å². The molecular formula is C12H17NO2. The summed E-state index contributed by atoms with van der Waals surface area (Å²) in [5.74, 6) is 0.318. The molecule has 0 spiro atoms. The van der Waals surface area contributed by atoms with Crippen LogP contribution >= 0.6 is 0 Å². The molecule has 3 nitrogen and oxygen atoms in total. The molecule has 1 aromatic rings. The van der Waals surface area contributed by atoms with Crippen molar-refractivity contribution in [2.24, 2.45) is 0 Å². The van der Waals surface area contributed by atoms with Crippen molar-refractivity contribution in [3.63, 3.8) is 0 Å². The molecule has 1 rings (SSSR count). The van der Waals surface area contributed by atoms with E-state index >= 15 is 0 Å². The fourth-order valence-corrected chi connectivity index (χ4v) is 1.30. The number of benzene rings is 1. The first-order valence-electron chi connectivity index (χ1n) is 4.95. The van der Waals surface area contributed by atoms with Crippen LogP contribution in [-0.2, 0) is 4.79 Å². The van der Waals surface area contributed by atoms with Gasteiger partial charge in [0.2, 0.25) is 0 Å². The predicted octanol–water partition coefficient (Wildman–Crippen LogP) is 2.23. The molecule has 0 radical (unpaired) electrons. The smallest absolute Gasteiger partial charge is 0.308 e. The Labute approximate surface area is 90.7 Å². The highest BCUT2D eigenvalue weighted by molar-refractivity contribution is 5.69. The maximum atomic E-state index is 10.8. The molecule has 15 heavy (non-hydrogen) atoms. The second-order valence-corrected chi connectivity index (χ2v) is 3.81. The Balaban J connectivity index is 2.87. The van der Waals surface area contributed by atoms with Crippen LogP contribution in [0.5, 0.6) is 5.75 Å². The molecule has 0 aliphatic heterocycles. The van der Waals surface area contributed by atoms with Crippen molar-refractivity contribution in [3.05, 3.63) is 29.8 Å². The van der Waals surface area contributed by atoms with Gasteiger partial charge >= 0.3 is 5.97 Å². The number of ether oxygens (including phenoxy) is 1. The van der Waals surface area contributed by atoms with Gasteiger partial charge < -0.3 is 9.64 Å². The zero-order valence-electron chi connectivity index (χ0n) is 9.65. The van der Waals surface area contributed by atoms with Crippen molar-refractivity contribution < 1.29 is 9.53 Å². The van der Waals surface area contributed by atoms with Gasteiger partial charge in [-0.05, 0) is 38.7 Å². The zero-order valence-corrected chi connectivity index (χ0v) is 9.65. The van der Waals surface area contributed by atoms with E-state index in [1.54, 1.807) is 6.07 Å². The molecule has 0 bridgehead atoms. The second-order valence-electron chi connectivity index (χ2n) is 3.81. The Morgan fingerprint density at radius 2 is 2.07 bits per heavy atom. The Morgan fingerprint density at radius 1 is 1.40 bits per heavy atom. The summed E-state index contributed by atoms with van der Waals surface area (Å²) in [5.41, 5.74) is 1.14. The molecule has 0 saturated heterocycles. The van der Waals surface area contributed by atoms with Crippen LogP contribution in [0.1, 0.15) is 25.5 Å². The third-order valence-electron chi connectivity index (χ3n) is 2.38. The van der Waals surface area contributed by atoms with Crippen molar-refractivity contribution in [2.45, 2.75) is 19.9 Å². The van der Waals surface area contributed by atoms with Crippen molar-refractivity contribution in [3.8, 4) is 5.75 Å². The van der Waals surface area contributed by atoms with E-state index in [2.05, 4.69) is 11.8 Å². The van der Waals surface area contributed by atoms with Crippen LogP contribution < -0.4 is 4.74 Å². The maximum Gasteiger partial charge on any atom is 0.308 e. The predicted molar refractivity (Wildman–Crippen MR) is 59.9 cm³/mol. The number of rotatable bonds is 3. The average Bonchev–Trinajstić information content (AvgIpc) is 2.16. The molecule has 0 aromatic heterocycles. The van der Waals surface area contributed by atoms with E-state index in [0.29, 0.717) is 11.8 Å². The van der Waals surface area contributed by atoms with E-state index in [-0.39, 0.29) is 5.97 Å². The summed E-state index contributed by atoms with van der Waals surface area (Å²) in [7, 11) is 4.03. The summed E-state index contributed by atoms with van der Waals surface area (Å²) in [5, 5.41) is 0. The molecule has 0 amide bonds. The SMILES string of the molecule is CC(=O)Oc1cccc(C(C)N(C)C)c1. The molecule has 3 heteroatoms. The minimum atomic E-state index is -0.287. The summed E-state index contributed by atoms with van der Waals surface area (Å²) in [6, 6.07) is 7.91. The van der Waals surface area contributed by atoms with E-state index in [1.807, 2.05) is 32.3 Å². The van der Waals surface area contributed by atoms with Gasteiger partial charge in [-0.3, -0.25) is 4.79 Å². The number of carbonyl (C=O) groups excluding carboxylic acids is 1. The molecule has 0 fully saturated rings. The monoisotopic (exact) mass is 207 g/mol. The Bertz CT molecular complexity index is 347. The Morgan fingerprint density at radius 3 is 2.60 bits per heavy atom. The minimum Gasteiger partial charge on any atom is -0.427 e. The summed E-state index contributed by atoms with van der Waals surface area (Å²) in [6.45, 7) is 3.51. The first-order valence-corrected chi connectivity index (χ1v) is 4.95. The van der Waals surface area contributed by atoms with Crippen molar-refractivity contribution in [1.29, 1.82) is 0 Å². The van der Waals surface area contributed by atoms with Gasteiger partial charge in [-0.15, -0.1) is 0 Å². The Kier molecular flexibility index (Phi) is 3.86. The van der Waals surface area contributed by atoms with Gasteiger partial charge in [0.05, 0.1) is 0 Å². The molecule has 0 N–H and O–H groups in total. The van der Waals surface area contributed by atoms with Crippen LogP contribution in [0.4, 0.5) is 0 Å². The lowest BCUT2D eigenvalue weighted by molar-refractivity contribution is -0.131. The lowest BCUT2D eigenvalue weighted by Gasteiger charge is -2.20. The highest BCUT2D eigenvalue weighted by Gasteiger charge is 2.08. The number of nitrogens with zero attached hydrogens (tertiary/aromatic N) is 1. The number of esters is 1. The average molecular weight is 207 g/mol. The topological polar surface area (TPSA) is 29.5 Å². The minimum absolute atomic E-state index is 0.287. The summed E-state index contributed by atoms with van der Waals surface area (Å²) in [6.07, 6.45) is 0. The molecule has 0 heterocycles. The molecule has 1 unspecified atom stereocenters. The first kappa shape index (κ1) is 11.7. The van der Waals surface area contributed by atoms with E-state index in [1.165, 1.54) is 6.92 Å². The molecular weight excluding hydrogens is 190 g/mol. The van der Waals surface area contributed by atoms with Crippen LogP contribution in [-0.4, -0.2) is 25.0 Å². The van der Waals surface area contributed by atoms with Gasteiger partial charge in [-0.2, -0.15) is 0 Å². The summed E-state index contributed by atoms with van der Waals surface area (Å²) >= 11 is 0. The van der Waals surface area contributed by atoms with Gasteiger partial charge in [0.1, 0.15) is 5.75 Å². The van der Waals surface area contributed by atoms with E-state index in [4.69, 9.17) is 4.74 Å². The fraction of sp³-hybridized carbons (Fsp3) is 0.417. The molecule has 0 aliphatic carbocycles.